The van der Waals surface area contributed by atoms with Crippen molar-refractivity contribution in [2.24, 2.45) is 0 Å². The largest absolute Gasteiger partial charge is 0.369 e. The SMILES string of the molecule is CCCN(CCC)C(=O)COCC(C)(C)N1C(=O)c2ccccc2C1=O. The summed E-state index contributed by atoms with van der Waals surface area (Å²) in [5.41, 5.74) is -0.00852. The molecular weight excluding hydrogens is 332 g/mol. The van der Waals surface area contributed by atoms with E-state index in [4.69, 9.17) is 4.74 Å². The average Bonchev–Trinajstić information content (AvgIpc) is 2.86. The Balaban J connectivity index is 1.98. The van der Waals surface area contributed by atoms with Crippen LogP contribution in [0.15, 0.2) is 24.3 Å². The first kappa shape index (κ1) is 20.1. The lowest BCUT2D eigenvalue weighted by atomic mass is 10.0. The third-order valence-electron chi connectivity index (χ3n) is 4.42. The second kappa shape index (κ2) is 8.45. The summed E-state index contributed by atoms with van der Waals surface area (Å²) in [6.45, 7) is 9.08. The van der Waals surface area contributed by atoms with Crippen LogP contribution in [0.2, 0.25) is 0 Å². The Morgan fingerprint density at radius 1 is 1.04 bits per heavy atom. The van der Waals surface area contributed by atoms with E-state index in [0.717, 1.165) is 12.8 Å². The van der Waals surface area contributed by atoms with Crippen LogP contribution in [0, 0.1) is 0 Å². The molecule has 0 N–H and O–H groups in total. The Morgan fingerprint density at radius 3 is 2.00 bits per heavy atom. The predicted molar refractivity (Wildman–Crippen MR) is 99.0 cm³/mol. The molecular formula is C20H28N2O4. The molecule has 2 rings (SSSR count). The number of hydrogen-bond donors (Lipinski definition) is 0. The van der Waals surface area contributed by atoms with Gasteiger partial charge in [-0.15, -0.1) is 0 Å². The van der Waals surface area contributed by atoms with Gasteiger partial charge in [-0.2, -0.15) is 0 Å². The van der Waals surface area contributed by atoms with Crippen LogP contribution in [0.3, 0.4) is 0 Å². The van der Waals surface area contributed by atoms with E-state index < -0.39 is 5.54 Å². The van der Waals surface area contributed by atoms with Gasteiger partial charge < -0.3 is 9.64 Å². The summed E-state index contributed by atoms with van der Waals surface area (Å²) in [7, 11) is 0. The number of ether oxygens (including phenoxy) is 1. The highest BCUT2D eigenvalue weighted by Crippen LogP contribution is 2.29. The Labute approximate surface area is 155 Å². The van der Waals surface area contributed by atoms with E-state index in [-0.39, 0.29) is 30.9 Å². The molecule has 0 saturated carbocycles. The van der Waals surface area contributed by atoms with Gasteiger partial charge in [0, 0.05) is 13.1 Å². The Morgan fingerprint density at radius 2 is 1.54 bits per heavy atom. The van der Waals surface area contributed by atoms with Gasteiger partial charge >= 0.3 is 0 Å². The van der Waals surface area contributed by atoms with Crippen molar-refractivity contribution in [1.29, 1.82) is 0 Å². The highest BCUT2D eigenvalue weighted by Gasteiger charge is 2.44. The maximum atomic E-state index is 12.6. The van der Waals surface area contributed by atoms with Crippen molar-refractivity contribution >= 4 is 17.7 Å². The molecule has 0 aromatic heterocycles. The van der Waals surface area contributed by atoms with E-state index in [1.54, 1.807) is 43.0 Å². The summed E-state index contributed by atoms with van der Waals surface area (Å²) >= 11 is 0. The first-order valence-electron chi connectivity index (χ1n) is 9.17. The molecule has 0 spiro atoms. The fourth-order valence-corrected chi connectivity index (χ4v) is 3.18. The van der Waals surface area contributed by atoms with Crippen molar-refractivity contribution in [2.75, 3.05) is 26.3 Å². The van der Waals surface area contributed by atoms with Crippen LogP contribution < -0.4 is 0 Å². The summed E-state index contributed by atoms with van der Waals surface area (Å²) < 4.78 is 5.60. The lowest BCUT2D eigenvalue weighted by molar-refractivity contribution is -0.137. The molecule has 3 amide bonds. The second-order valence-electron chi connectivity index (χ2n) is 7.18. The number of amides is 3. The zero-order valence-corrected chi connectivity index (χ0v) is 16.1. The van der Waals surface area contributed by atoms with Gasteiger partial charge in [-0.25, -0.2) is 0 Å². The zero-order valence-electron chi connectivity index (χ0n) is 16.1. The van der Waals surface area contributed by atoms with E-state index in [1.165, 1.54) is 4.90 Å². The van der Waals surface area contributed by atoms with Gasteiger partial charge in [0.05, 0.1) is 23.3 Å². The smallest absolute Gasteiger partial charge is 0.262 e. The highest BCUT2D eigenvalue weighted by atomic mass is 16.5. The number of carbonyl (C=O) groups is 3. The number of carbonyl (C=O) groups excluding carboxylic acids is 3. The molecule has 0 fully saturated rings. The van der Waals surface area contributed by atoms with Crippen LogP contribution >= 0.6 is 0 Å². The summed E-state index contributed by atoms with van der Waals surface area (Å²) in [6, 6.07) is 6.80. The summed E-state index contributed by atoms with van der Waals surface area (Å²) in [4.78, 5) is 40.5. The van der Waals surface area contributed by atoms with Gasteiger partial charge in [0.15, 0.2) is 0 Å². The number of hydrogen-bond acceptors (Lipinski definition) is 4. The monoisotopic (exact) mass is 360 g/mol. The van der Waals surface area contributed by atoms with Gasteiger partial charge in [-0.05, 0) is 38.8 Å². The van der Waals surface area contributed by atoms with Gasteiger partial charge in [0.1, 0.15) is 6.61 Å². The molecule has 0 atom stereocenters. The van der Waals surface area contributed by atoms with Gasteiger partial charge in [0.25, 0.3) is 11.8 Å². The normalized spacial score (nSPS) is 13.9. The van der Waals surface area contributed by atoms with E-state index in [1.807, 2.05) is 13.8 Å². The Hall–Kier alpha value is -2.21. The molecule has 1 aromatic rings. The first-order chi connectivity index (χ1) is 12.3. The Bertz CT molecular complexity index is 643. The fourth-order valence-electron chi connectivity index (χ4n) is 3.18. The van der Waals surface area contributed by atoms with Crippen LogP contribution in [-0.4, -0.2) is 59.4 Å². The number of rotatable bonds is 9. The standard InChI is InChI=1S/C20H28N2O4/c1-5-11-21(12-6-2)17(23)13-26-14-20(3,4)22-18(24)15-9-7-8-10-16(15)19(22)25/h7-10H,5-6,11-14H2,1-4H3. The van der Waals surface area contributed by atoms with E-state index in [2.05, 4.69) is 0 Å². The van der Waals surface area contributed by atoms with Crippen LogP contribution in [0.4, 0.5) is 0 Å². The van der Waals surface area contributed by atoms with Crippen molar-refractivity contribution in [3.05, 3.63) is 35.4 Å². The van der Waals surface area contributed by atoms with Gasteiger partial charge in [-0.1, -0.05) is 26.0 Å². The summed E-state index contributed by atoms with van der Waals surface area (Å²) in [5, 5.41) is 0. The van der Waals surface area contributed by atoms with E-state index in [0.29, 0.717) is 24.2 Å². The van der Waals surface area contributed by atoms with Crippen molar-refractivity contribution in [1.82, 2.24) is 9.80 Å². The predicted octanol–water partition coefficient (Wildman–Crippen LogP) is 2.73. The minimum absolute atomic E-state index is 0.0490. The molecule has 1 aromatic carbocycles. The molecule has 142 valence electrons. The molecule has 6 nitrogen and oxygen atoms in total. The van der Waals surface area contributed by atoms with Crippen LogP contribution in [0.25, 0.3) is 0 Å². The molecule has 6 heteroatoms. The highest BCUT2D eigenvalue weighted by molar-refractivity contribution is 6.21. The zero-order chi connectivity index (χ0) is 19.3. The van der Waals surface area contributed by atoms with Crippen molar-refractivity contribution < 1.29 is 19.1 Å². The third kappa shape index (κ3) is 4.12. The van der Waals surface area contributed by atoms with E-state index >= 15 is 0 Å². The molecule has 1 heterocycles. The average molecular weight is 360 g/mol. The van der Waals surface area contributed by atoms with Gasteiger partial charge in [0.2, 0.25) is 5.91 Å². The Kier molecular flexibility index (Phi) is 6.53. The minimum Gasteiger partial charge on any atom is -0.369 e. The molecule has 0 aliphatic carbocycles. The van der Waals surface area contributed by atoms with E-state index in [9.17, 15) is 14.4 Å². The quantitative estimate of drug-likeness (QED) is 0.635. The second-order valence-corrected chi connectivity index (χ2v) is 7.18. The number of benzene rings is 1. The molecule has 0 unspecified atom stereocenters. The maximum Gasteiger partial charge on any atom is 0.262 e. The first-order valence-corrected chi connectivity index (χ1v) is 9.17. The lowest BCUT2D eigenvalue weighted by Crippen LogP contribution is -2.51. The maximum absolute atomic E-state index is 12.6. The minimum atomic E-state index is -0.839. The van der Waals surface area contributed by atoms with Crippen molar-refractivity contribution in [3.63, 3.8) is 0 Å². The molecule has 1 aliphatic heterocycles. The fraction of sp³-hybridized carbons (Fsp3) is 0.550. The topological polar surface area (TPSA) is 66.9 Å². The molecule has 0 radical (unpaired) electrons. The molecule has 0 bridgehead atoms. The number of imide groups is 1. The summed E-state index contributed by atoms with van der Waals surface area (Å²) in [5.74, 6) is -0.694. The molecule has 1 aliphatic rings. The summed E-state index contributed by atoms with van der Waals surface area (Å²) in [6.07, 6.45) is 1.79. The van der Waals surface area contributed by atoms with Crippen LogP contribution in [0.5, 0.6) is 0 Å². The number of nitrogens with zero attached hydrogens (tertiary/aromatic N) is 2. The van der Waals surface area contributed by atoms with Gasteiger partial charge in [-0.3, -0.25) is 19.3 Å². The molecule has 0 saturated heterocycles. The number of fused-ring (bicyclic) bond motifs is 1. The van der Waals surface area contributed by atoms with Crippen molar-refractivity contribution in [3.8, 4) is 0 Å². The van der Waals surface area contributed by atoms with Crippen molar-refractivity contribution in [2.45, 2.75) is 46.1 Å². The van der Waals surface area contributed by atoms with Crippen LogP contribution in [-0.2, 0) is 9.53 Å². The molecule has 26 heavy (non-hydrogen) atoms. The lowest BCUT2D eigenvalue weighted by Gasteiger charge is -2.33. The third-order valence-corrected chi connectivity index (χ3v) is 4.42. The van der Waals surface area contributed by atoms with Crippen LogP contribution in [0.1, 0.15) is 61.3 Å².